The molecule has 1 amide bonds. The number of anilines is 1. The summed E-state index contributed by atoms with van der Waals surface area (Å²) >= 11 is 4.92. The van der Waals surface area contributed by atoms with Gasteiger partial charge in [-0.3, -0.25) is 4.79 Å². The van der Waals surface area contributed by atoms with Crippen LogP contribution in [0.2, 0.25) is 0 Å². The molecule has 122 valence electrons. The number of ether oxygens (including phenoxy) is 1. The van der Waals surface area contributed by atoms with Gasteiger partial charge >= 0.3 is 0 Å². The monoisotopic (exact) mass is 403 g/mol. The highest BCUT2D eigenvalue weighted by Crippen LogP contribution is 2.23. The Hall–Kier alpha value is -2.25. The van der Waals surface area contributed by atoms with Crippen LogP contribution in [-0.2, 0) is 11.2 Å². The highest BCUT2D eigenvalue weighted by Gasteiger charge is 2.07. The van der Waals surface area contributed by atoms with Crippen molar-refractivity contribution in [3.63, 3.8) is 0 Å². The second-order valence-electron chi connectivity index (χ2n) is 5.03. The first-order chi connectivity index (χ1) is 11.6. The fourth-order valence-corrected chi connectivity index (χ4v) is 3.02. The Balaban J connectivity index is 1.59. The predicted octanol–water partition coefficient (Wildman–Crippen LogP) is 4.58. The van der Waals surface area contributed by atoms with Crippen molar-refractivity contribution >= 4 is 38.9 Å². The summed E-state index contributed by atoms with van der Waals surface area (Å²) in [6.45, 7) is 1.92. The van der Waals surface area contributed by atoms with E-state index >= 15 is 0 Å². The van der Waals surface area contributed by atoms with Gasteiger partial charge in [-0.15, -0.1) is 11.3 Å². The van der Waals surface area contributed by atoms with Gasteiger partial charge in [0.05, 0.1) is 29.0 Å². The highest BCUT2D eigenvalue weighted by atomic mass is 79.9. The number of hydrogen-bond donors (Lipinski definition) is 1. The first-order valence-electron chi connectivity index (χ1n) is 7.19. The van der Waals surface area contributed by atoms with Gasteiger partial charge in [0.2, 0.25) is 11.8 Å². The molecule has 1 aromatic carbocycles. The van der Waals surface area contributed by atoms with Gasteiger partial charge in [0.1, 0.15) is 5.75 Å². The third-order valence-electron chi connectivity index (χ3n) is 3.05. The number of amides is 1. The molecule has 3 rings (SSSR count). The van der Waals surface area contributed by atoms with Gasteiger partial charge in [0.15, 0.2) is 0 Å². The number of benzene rings is 1. The Labute approximate surface area is 151 Å². The molecule has 7 heteroatoms. The summed E-state index contributed by atoms with van der Waals surface area (Å²) in [5.74, 6) is 1.02. The molecule has 0 aliphatic heterocycles. The summed E-state index contributed by atoms with van der Waals surface area (Å²) in [4.78, 5) is 20.5. The van der Waals surface area contributed by atoms with Crippen molar-refractivity contribution in [1.29, 1.82) is 0 Å². The van der Waals surface area contributed by atoms with Crippen LogP contribution in [0.5, 0.6) is 11.6 Å². The molecule has 0 spiro atoms. The maximum atomic E-state index is 12.0. The van der Waals surface area contributed by atoms with Crippen LogP contribution in [0.4, 0.5) is 5.69 Å². The van der Waals surface area contributed by atoms with E-state index < -0.39 is 0 Å². The minimum Gasteiger partial charge on any atom is -0.439 e. The van der Waals surface area contributed by atoms with E-state index in [1.165, 1.54) is 11.3 Å². The fourth-order valence-electron chi connectivity index (χ4n) is 2.02. The molecule has 24 heavy (non-hydrogen) atoms. The van der Waals surface area contributed by atoms with Crippen molar-refractivity contribution in [1.82, 2.24) is 9.97 Å². The van der Waals surface area contributed by atoms with E-state index in [0.29, 0.717) is 17.3 Å². The Bertz CT molecular complexity index is 849. The van der Waals surface area contributed by atoms with E-state index in [2.05, 4.69) is 31.2 Å². The van der Waals surface area contributed by atoms with Crippen LogP contribution in [0.1, 0.15) is 10.7 Å². The Morgan fingerprint density at radius 2 is 2.21 bits per heavy atom. The normalized spacial score (nSPS) is 10.4. The molecular formula is C17H14BrN3O2S. The smallest absolute Gasteiger partial charge is 0.230 e. The Morgan fingerprint density at radius 3 is 2.88 bits per heavy atom. The van der Waals surface area contributed by atoms with Gasteiger partial charge in [0, 0.05) is 15.9 Å². The third-order valence-corrected chi connectivity index (χ3v) is 4.36. The van der Waals surface area contributed by atoms with Crippen LogP contribution >= 0.6 is 27.3 Å². The van der Waals surface area contributed by atoms with Gasteiger partial charge in [-0.05, 0) is 31.2 Å². The summed E-state index contributed by atoms with van der Waals surface area (Å²) < 4.78 is 6.59. The zero-order chi connectivity index (χ0) is 16.9. The van der Waals surface area contributed by atoms with E-state index in [-0.39, 0.29) is 12.3 Å². The first-order valence-corrected chi connectivity index (χ1v) is 8.86. The Morgan fingerprint density at radius 1 is 1.33 bits per heavy atom. The minimum absolute atomic E-state index is 0.122. The second kappa shape index (κ2) is 7.55. The van der Waals surface area contributed by atoms with E-state index in [0.717, 1.165) is 15.2 Å². The lowest BCUT2D eigenvalue weighted by atomic mass is 10.3. The maximum absolute atomic E-state index is 12.0. The third kappa shape index (κ3) is 4.62. The van der Waals surface area contributed by atoms with Crippen LogP contribution in [-0.4, -0.2) is 15.9 Å². The first kappa shape index (κ1) is 16.6. The molecule has 0 atom stereocenters. The van der Waals surface area contributed by atoms with Gasteiger partial charge in [-0.1, -0.05) is 22.0 Å². The molecule has 3 aromatic rings. The predicted molar refractivity (Wildman–Crippen MR) is 97.6 cm³/mol. The molecule has 0 saturated heterocycles. The number of halogens is 1. The second-order valence-corrected chi connectivity index (χ2v) is 7.01. The van der Waals surface area contributed by atoms with E-state index in [9.17, 15) is 4.79 Å². The van der Waals surface area contributed by atoms with Crippen LogP contribution in [0.15, 0.2) is 52.4 Å². The molecule has 2 aromatic heterocycles. The summed E-state index contributed by atoms with van der Waals surface area (Å²) in [5.41, 5.74) is 1.39. The largest absolute Gasteiger partial charge is 0.439 e. The molecule has 0 radical (unpaired) electrons. The fraction of sp³-hybridized carbons (Fsp3) is 0.118. The molecule has 0 unspecified atom stereocenters. The van der Waals surface area contributed by atoms with Crippen molar-refractivity contribution in [2.75, 3.05) is 5.32 Å². The van der Waals surface area contributed by atoms with Crippen molar-refractivity contribution in [3.8, 4) is 11.6 Å². The zero-order valence-electron chi connectivity index (χ0n) is 12.8. The van der Waals surface area contributed by atoms with Crippen molar-refractivity contribution in [3.05, 3.63) is 63.1 Å². The summed E-state index contributed by atoms with van der Waals surface area (Å²) in [5, 5.41) is 5.64. The number of carbonyl (C=O) groups excluding carboxylic acids is 1. The number of rotatable bonds is 5. The quantitative estimate of drug-likeness (QED) is 0.676. The number of aromatic nitrogens is 2. The summed E-state index contributed by atoms with van der Waals surface area (Å²) in [6.07, 6.45) is 1.82. The molecular weight excluding hydrogens is 390 g/mol. The lowest BCUT2D eigenvalue weighted by Crippen LogP contribution is -2.14. The minimum atomic E-state index is -0.122. The van der Waals surface area contributed by atoms with Gasteiger partial charge in [-0.25, -0.2) is 9.97 Å². The summed E-state index contributed by atoms with van der Waals surface area (Å²) in [6, 6.07) is 11.0. The molecule has 0 fully saturated rings. The topological polar surface area (TPSA) is 64.1 Å². The van der Waals surface area contributed by atoms with E-state index in [4.69, 9.17) is 4.74 Å². The number of thiazole rings is 1. The number of carbonyl (C=O) groups is 1. The van der Waals surface area contributed by atoms with Crippen LogP contribution in [0, 0.1) is 6.92 Å². The highest BCUT2D eigenvalue weighted by molar-refractivity contribution is 9.10. The molecule has 5 nitrogen and oxygen atoms in total. The van der Waals surface area contributed by atoms with Crippen LogP contribution in [0.25, 0.3) is 0 Å². The van der Waals surface area contributed by atoms with Gasteiger partial charge in [0.25, 0.3) is 0 Å². The number of nitrogens with zero attached hydrogens (tertiary/aromatic N) is 2. The standard InChI is InChI=1S/C17H14BrN3O2S/c1-11-20-14(10-24-11)8-16(22)21-13-5-6-17(19-9-13)23-15-4-2-3-12(18)7-15/h2-7,9-10H,8H2,1H3,(H,21,22). The summed E-state index contributed by atoms with van der Waals surface area (Å²) in [7, 11) is 0. The maximum Gasteiger partial charge on any atom is 0.230 e. The molecule has 0 saturated carbocycles. The average molecular weight is 404 g/mol. The molecule has 2 heterocycles. The van der Waals surface area contributed by atoms with E-state index in [1.54, 1.807) is 18.3 Å². The van der Waals surface area contributed by atoms with Crippen LogP contribution < -0.4 is 10.1 Å². The van der Waals surface area contributed by atoms with Gasteiger partial charge < -0.3 is 10.1 Å². The molecule has 0 bridgehead atoms. The van der Waals surface area contributed by atoms with E-state index in [1.807, 2.05) is 36.6 Å². The van der Waals surface area contributed by atoms with Crippen LogP contribution in [0.3, 0.4) is 0 Å². The molecule has 0 aliphatic carbocycles. The number of aryl methyl sites for hydroxylation is 1. The Kier molecular flexibility index (Phi) is 5.22. The molecule has 1 N–H and O–H groups in total. The molecule has 0 aliphatic rings. The number of nitrogens with one attached hydrogen (secondary N) is 1. The van der Waals surface area contributed by atoms with Crippen molar-refractivity contribution < 1.29 is 9.53 Å². The lowest BCUT2D eigenvalue weighted by molar-refractivity contribution is -0.115. The lowest BCUT2D eigenvalue weighted by Gasteiger charge is -2.07. The zero-order valence-corrected chi connectivity index (χ0v) is 15.2. The van der Waals surface area contributed by atoms with Crippen molar-refractivity contribution in [2.24, 2.45) is 0 Å². The SMILES string of the molecule is Cc1nc(CC(=O)Nc2ccc(Oc3cccc(Br)c3)nc2)cs1. The number of hydrogen-bond acceptors (Lipinski definition) is 5. The van der Waals surface area contributed by atoms with Crippen molar-refractivity contribution in [2.45, 2.75) is 13.3 Å². The number of pyridine rings is 1. The average Bonchev–Trinajstić information content (AvgIpc) is 2.94. The van der Waals surface area contributed by atoms with Gasteiger partial charge in [-0.2, -0.15) is 0 Å².